The van der Waals surface area contributed by atoms with Crippen molar-refractivity contribution in [3.8, 4) is 28.7 Å². The summed E-state index contributed by atoms with van der Waals surface area (Å²) in [5.41, 5.74) is 6.48. The maximum absolute atomic E-state index is 11.3. The highest BCUT2D eigenvalue weighted by molar-refractivity contribution is 7.14. The molecule has 0 atom stereocenters. The van der Waals surface area contributed by atoms with Crippen LogP contribution in [0.15, 0.2) is 24.4 Å². The van der Waals surface area contributed by atoms with Gasteiger partial charge in [0, 0.05) is 22.2 Å². The lowest BCUT2D eigenvalue weighted by molar-refractivity contribution is 0.1000. The van der Waals surface area contributed by atoms with E-state index in [2.05, 4.69) is 10.9 Å². The third-order valence-electron chi connectivity index (χ3n) is 2.38. The van der Waals surface area contributed by atoms with E-state index in [1.165, 1.54) is 11.3 Å². The van der Waals surface area contributed by atoms with Crippen LogP contribution in [0.3, 0.4) is 0 Å². The number of nitrogens with two attached hydrogens (primary N) is 1. The van der Waals surface area contributed by atoms with Gasteiger partial charge < -0.3 is 10.5 Å². The number of rotatable bonds is 4. The quantitative estimate of drug-likeness (QED) is 0.868. The van der Waals surface area contributed by atoms with Crippen molar-refractivity contribution in [1.29, 1.82) is 0 Å². The van der Waals surface area contributed by atoms with Gasteiger partial charge in [0.25, 0.3) is 0 Å². The number of primary amides is 1. The average Bonchev–Trinajstić information content (AvgIpc) is 2.82. The number of hydrogen-bond acceptors (Lipinski definition) is 4. The van der Waals surface area contributed by atoms with Gasteiger partial charge in [-0.05, 0) is 25.1 Å². The topological polar surface area (TPSA) is 65.2 Å². The normalized spacial score (nSPS) is 9.89. The zero-order valence-electron chi connectivity index (χ0n) is 10.3. The molecule has 0 bridgehead atoms. The van der Waals surface area contributed by atoms with Crippen LogP contribution in [0.5, 0.6) is 5.75 Å². The van der Waals surface area contributed by atoms with Crippen molar-refractivity contribution in [3.05, 3.63) is 34.8 Å². The van der Waals surface area contributed by atoms with Gasteiger partial charge in [-0.15, -0.1) is 17.8 Å². The number of thiazole rings is 1. The molecule has 1 heterocycles. The molecule has 0 radical (unpaired) electrons. The molecule has 0 saturated carbocycles. The van der Waals surface area contributed by atoms with Gasteiger partial charge in [0.05, 0.1) is 0 Å². The van der Waals surface area contributed by atoms with Crippen molar-refractivity contribution < 1.29 is 9.53 Å². The SMILES string of the molecule is C#CCOc1cc(C(N)=O)cc(-c2ncc(C)s2)c1. The molecule has 4 nitrogen and oxygen atoms in total. The molecule has 0 saturated heterocycles. The second-order valence-electron chi connectivity index (χ2n) is 3.88. The molecule has 0 aliphatic heterocycles. The molecule has 96 valence electrons. The standard InChI is InChI=1S/C14H12N2O2S/c1-3-4-18-12-6-10(13(15)17)5-11(7-12)14-16-8-9(2)19-14/h1,5-8H,4H2,2H3,(H2,15,17). The lowest BCUT2D eigenvalue weighted by Crippen LogP contribution is -2.11. The minimum atomic E-state index is -0.513. The lowest BCUT2D eigenvalue weighted by atomic mass is 10.1. The van der Waals surface area contributed by atoms with E-state index in [1.54, 1.807) is 24.4 Å². The van der Waals surface area contributed by atoms with Crippen LogP contribution in [0.2, 0.25) is 0 Å². The molecule has 1 aromatic heterocycles. The Morgan fingerprint density at radius 1 is 1.53 bits per heavy atom. The van der Waals surface area contributed by atoms with Crippen LogP contribution < -0.4 is 10.5 Å². The summed E-state index contributed by atoms with van der Waals surface area (Å²) in [6.07, 6.45) is 6.93. The molecule has 0 fully saturated rings. The zero-order chi connectivity index (χ0) is 13.8. The summed E-state index contributed by atoms with van der Waals surface area (Å²) in [6.45, 7) is 2.10. The summed E-state index contributed by atoms with van der Waals surface area (Å²) >= 11 is 1.53. The third-order valence-corrected chi connectivity index (χ3v) is 3.34. The van der Waals surface area contributed by atoms with Gasteiger partial charge in [-0.2, -0.15) is 0 Å². The zero-order valence-corrected chi connectivity index (χ0v) is 11.2. The van der Waals surface area contributed by atoms with E-state index in [4.69, 9.17) is 16.9 Å². The molecular weight excluding hydrogens is 260 g/mol. The van der Waals surface area contributed by atoms with Gasteiger partial charge >= 0.3 is 0 Å². The molecule has 1 aromatic carbocycles. The smallest absolute Gasteiger partial charge is 0.248 e. The molecule has 0 aliphatic carbocycles. The summed E-state index contributed by atoms with van der Waals surface area (Å²) in [6, 6.07) is 5.06. The van der Waals surface area contributed by atoms with E-state index in [1.807, 2.05) is 6.92 Å². The maximum atomic E-state index is 11.3. The van der Waals surface area contributed by atoms with Crippen LogP contribution in [0, 0.1) is 19.3 Å². The maximum Gasteiger partial charge on any atom is 0.248 e. The Labute approximate surface area is 115 Å². The van der Waals surface area contributed by atoms with Gasteiger partial charge in [0.2, 0.25) is 5.91 Å². The van der Waals surface area contributed by atoms with Crippen molar-refractivity contribution in [2.45, 2.75) is 6.92 Å². The largest absolute Gasteiger partial charge is 0.481 e. The second-order valence-corrected chi connectivity index (χ2v) is 5.11. The summed E-state index contributed by atoms with van der Waals surface area (Å²) < 4.78 is 5.35. The Bertz CT molecular complexity index is 656. The van der Waals surface area contributed by atoms with Crippen molar-refractivity contribution in [2.75, 3.05) is 6.61 Å². The first kappa shape index (κ1) is 13.1. The first-order valence-electron chi connectivity index (χ1n) is 5.54. The lowest BCUT2D eigenvalue weighted by Gasteiger charge is -2.06. The molecule has 19 heavy (non-hydrogen) atoms. The Hall–Kier alpha value is -2.32. The van der Waals surface area contributed by atoms with E-state index in [-0.39, 0.29) is 6.61 Å². The number of nitrogens with zero attached hydrogens (tertiary/aromatic N) is 1. The van der Waals surface area contributed by atoms with E-state index in [9.17, 15) is 4.79 Å². The Morgan fingerprint density at radius 2 is 2.32 bits per heavy atom. The van der Waals surface area contributed by atoms with E-state index in [0.717, 1.165) is 15.4 Å². The van der Waals surface area contributed by atoms with Crippen molar-refractivity contribution in [2.24, 2.45) is 5.73 Å². The number of benzene rings is 1. The second kappa shape index (κ2) is 5.55. The number of aryl methyl sites for hydroxylation is 1. The number of ether oxygens (including phenoxy) is 1. The number of aromatic nitrogens is 1. The highest BCUT2D eigenvalue weighted by Gasteiger charge is 2.10. The summed E-state index contributed by atoms with van der Waals surface area (Å²) in [5.74, 6) is 2.37. The fourth-order valence-corrected chi connectivity index (χ4v) is 2.31. The molecular formula is C14H12N2O2S. The molecule has 2 rings (SSSR count). The molecule has 2 N–H and O–H groups in total. The predicted molar refractivity (Wildman–Crippen MR) is 75.1 cm³/mol. The summed E-state index contributed by atoms with van der Waals surface area (Å²) in [5, 5.41) is 0.811. The third kappa shape index (κ3) is 3.12. The molecule has 1 amide bonds. The van der Waals surface area contributed by atoms with Crippen molar-refractivity contribution in [1.82, 2.24) is 4.98 Å². The summed E-state index contributed by atoms with van der Waals surface area (Å²) in [4.78, 5) is 16.7. The van der Waals surface area contributed by atoms with Gasteiger partial charge in [-0.25, -0.2) is 4.98 Å². The van der Waals surface area contributed by atoms with Crippen LogP contribution >= 0.6 is 11.3 Å². The van der Waals surface area contributed by atoms with Gasteiger partial charge in [-0.1, -0.05) is 5.92 Å². The minimum absolute atomic E-state index is 0.137. The Kier molecular flexibility index (Phi) is 3.83. The number of hydrogen-bond donors (Lipinski definition) is 1. The number of terminal acetylenes is 1. The highest BCUT2D eigenvalue weighted by atomic mass is 32.1. The number of amides is 1. The van der Waals surface area contributed by atoms with Crippen LogP contribution in [-0.2, 0) is 0 Å². The van der Waals surface area contributed by atoms with E-state index >= 15 is 0 Å². The number of carbonyl (C=O) groups is 1. The van der Waals surface area contributed by atoms with Crippen LogP contribution in [0.1, 0.15) is 15.2 Å². The minimum Gasteiger partial charge on any atom is -0.481 e. The molecule has 0 aliphatic rings. The first-order valence-corrected chi connectivity index (χ1v) is 6.36. The molecule has 2 aromatic rings. The van der Waals surface area contributed by atoms with E-state index < -0.39 is 5.91 Å². The van der Waals surface area contributed by atoms with Gasteiger partial charge in [0.1, 0.15) is 17.4 Å². The molecule has 0 unspecified atom stereocenters. The average molecular weight is 272 g/mol. The van der Waals surface area contributed by atoms with Gasteiger partial charge in [0.15, 0.2) is 0 Å². The van der Waals surface area contributed by atoms with E-state index in [0.29, 0.717) is 11.3 Å². The van der Waals surface area contributed by atoms with Crippen molar-refractivity contribution in [3.63, 3.8) is 0 Å². The predicted octanol–water partition coefficient (Wildman–Crippen LogP) is 2.23. The molecule has 0 spiro atoms. The fraction of sp³-hybridized carbons (Fsp3) is 0.143. The fourth-order valence-electron chi connectivity index (χ4n) is 1.56. The summed E-state index contributed by atoms with van der Waals surface area (Å²) in [7, 11) is 0. The Morgan fingerprint density at radius 3 is 2.89 bits per heavy atom. The van der Waals surface area contributed by atoms with Gasteiger partial charge in [-0.3, -0.25) is 4.79 Å². The van der Waals surface area contributed by atoms with Crippen LogP contribution in [0.4, 0.5) is 0 Å². The highest BCUT2D eigenvalue weighted by Crippen LogP contribution is 2.29. The first-order chi connectivity index (χ1) is 9.10. The van der Waals surface area contributed by atoms with Crippen molar-refractivity contribution >= 4 is 17.2 Å². The number of carbonyl (C=O) groups excluding carboxylic acids is 1. The monoisotopic (exact) mass is 272 g/mol. The molecule has 5 heteroatoms. The van der Waals surface area contributed by atoms with Crippen LogP contribution in [-0.4, -0.2) is 17.5 Å². The van der Waals surface area contributed by atoms with Crippen LogP contribution in [0.25, 0.3) is 10.6 Å². The Balaban J connectivity index is 2.45.